The molecule has 0 aliphatic carbocycles. The molecule has 3 rings (SSSR count). The van der Waals surface area contributed by atoms with Crippen LogP contribution in [0.3, 0.4) is 0 Å². The fraction of sp³-hybridized carbons (Fsp3) is 0.350. The molecule has 0 spiro atoms. The smallest absolute Gasteiger partial charge is 0.408 e. The van der Waals surface area contributed by atoms with Crippen molar-refractivity contribution in [2.75, 3.05) is 13.6 Å². The lowest BCUT2D eigenvalue weighted by atomic mass is 10.1. The van der Waals surface area contributed by atoms with Gasteiger partial charge in [-0.3, -0.25) is 4.57 Å². The second-order valence-corrected chi connectivity index (χ2v) is 6.42. The minimum Gasteiger partial charge on any atom is -0.408 e. The largest absolute Gasteiger partial charge is 0.419 e. The predicted molar refractivity (Wildman–Crippen MR) is 97.2 cm³/mol. The van der Waals surface area contributed by atoms with Gasteiger partial charge in [0.1, 0.15) is 0 Å². The summed E-state index contributed by atoms with van der Waals surface area (Å²) in [5.41, 5.74) is 4.19. The highest BCUT2D eigenvalue weighted by Gasteiger charge is 2.08. The van der Waals surface area contributed by atoms with Gasteiger partial charge < -0.3 is 9.32 Å². The van der Waals surface area contributed by atoms with Gasteiger partial charge in [-0.05, 0) is 51.1 Å². The van der Waals surface area contributed by atoms with Gasteiger partial charge in [-0.15, -0.1) is 0 Å². The van der Waals surface area contributed by atoms with Gasteiger partial charge in [-0.1, -0.05) is 42.0 Å². The maximum Gasteiger partial charge on any atom is 0.419 e. The van der Waals surface area contributed by atoms with Gasteiger partial charge in [0.2, 0.25) is 0 Å². The second kappa shape index (κ2) is 7.49. The molecule has 0 bridgehead atoms. The van der Waals surface area contributed by atoms with Crippen molar-refractivity contribution in [3.63, 3.8) is 0 Å². The van der Waals surface area contributed by atoms with E-state index in [1.807, 2.05) is 24.3 Å². The summed E-state index contributed by atoms with van der Waals surface area (Å²) in [5, 5.41) is 0. The third kappa shape index (κ3) is 3.95. The first-order chi connectivity index (χ1) is 11.6. The molecule has 2 aromatic carbocycles. The Morgan fingerprint density at radius 2 is 1.92 bits per heavy atom. The first kappa shape index (κ1) is 16.5. The predicted octanol–water partition coefficient (Wildman–Crippen LogP) is 3.82. The van der Waals surface area contributed by atoms with Crippen molar-refractivity contribution in [3.8, 4) is 0 Å². The summed E-state index contributed by atoms with van der Waals surface area (Å²) in [4.78, 5) is 14.3. The molecular formula is C20H24N2O2. The molecule has 24 heavy (non-hydrogen) atoms. The van der Waals surface area contributed by atoms with Crippen LogP contribution >= 0.6 is 0 Å². The summed E-state index contributed by atoms with van der Waals surface area (Å²) in [5.74, 6) is -0.260. The van der Waals surface area contributed by atoms with Crippen LogP contribution in [0.4, 0.5) is 0 Å². The quantitative estimate of drug-likeness (QED) is 0.620. The van der Waals surface area contributed by atoms with Crippen LogP contribution in [0, 0.1) is 6.92 Å². The fourth-order valence-electron chi connectivity index (χ4n) is 3.08. The molecule has 4 heteroatoms. The SMILES string of the molecule is Cc1cccc(CN(C)CCCCn2c(=O)oc3ccccc32)c1. The molecule has 0 N–H and O–H groups in total. The number of hydrogen-bond acceptors (Lipinski definition) is 3. The third-order valence-corrected chi connectivity index (χ3v) is 4.28. The number of hydrogen-bond donors (Lipinski definition) is 0. The van der Waals surface area contributed by atoms with E-state index in [4.69, 9.17) is 4.42 Å². The van der Waals surface area contributed by atoms with Crippen molar-refractivity contribution in [2.24, 2.45) is 0 Å². The monoisotopic (exact) mass is 324 g/mol. The van der Waals surface area contributed by atoms with Crippen molar-refractivity contribution in [2.45, 2.75) is 32.9 Å². The van der Waals surface area contributed by atoms with Crippen molar-refractivity contribution in [1.29, 1.82) is 0 Å². The van der Waals surface area contributed by atoms with E-state index < -0.39 is 0 Å². The highest BCUT2D eigenvalue weighted by Crippen LogP contribution is 2.13. The average Bonchev–Trinajstić information content (AvgIpc) is 2.87. The molecular weight excluding hydrogens is 300 g/mol. The summed E-state index contributed by atoms with van der Waals surface area (Å²) in [6.45, 7) is 4.79. The van der Waals surface area contributed by atoms with Crippen molar-refractivity contribution in [1.82, 2.24) is 9.47 Å². The lowest BCUT2D eigenvalue weighted by molar-refractivity contribution is 0.314. The van der Waals surface area contributed by atoms with E-state index in [0.29, 0.717) is 12.1 Å². The van der Waals surface area contributed by atoms with Gasteiger partial charge in [0.15, 0.2) is 5.58 Å². The van der Waals surface area contributed by atoms with Crippen molar-refractivity contribution in [3.05, 3.63) is 70.2 Å². The van der Waals surface area contributed by atoms with E-state index in [2.05, 4.69) is 43.1 Å². The van der Waals surface area contributed by atoms with Gasteiger partial charge in [0.05, 0.1) is 5.52 Å². The van der Waals surface area contributed by atoms with Gasteiger partial charge in [-0.2, -0.15) is 0 Å². The third-order valence-electron chi connectivity index (χ3n) is 4.28. The molecule has 0 atom stereocenters. The lowest BCUT2D eigenvalue weighted by Crippen LogP contribution is -2.20. The van der Waals surface area contributed by atoms with Gasteiger partial charge in [-0.25, -0.2) is 4.79 Å². The number of nitrogens with zero attached hydrogens (tertiary/aromatic N) is 2. The summed E-state index contributed by atoms with van der Waals surface area (Å²) in [6.07, 6.45) is 2.01. The molecule has 0 amide bonds. The van der Waals surface area contributed by atoms with E-state index >= 15 is 0 Å². The van der Waals surface area contributed by atoms with Crippen molar-refractivity contribution >= 4 is 11.1 Å². The topological polar surface area (TPSA) is 38.4 Å². The van der Waals surface area contributed by atoms with Crippen LogP contribution in [-0.2, 0) is 13.1 Å². The highest BCUT2D eigenvalue weighted by atomic mass is 16.4. The summed E-state index contributed by atoms with van der Waals surface area (Å²) in [6, 6.07) is 16.2. The molecule has 0 aliphatic heterocycles. The van der Waals surface area contributed by atoms with Crippen LogP contribution in [0.1, 0.15) is 24.0 Å². The van der Waals surface area contributed by atoms with Gasteiger partial charge >= 0.3 is 5.76 Å². The molecule has 126 valence electrons. The number of fused-ring (bicyclic) bond motifs is 1. The Bertz CT molecular complexity index is 863. The molecule has 0 radical (unpaired) electrons. The van der Waals surface area contributed by atoms with E-state index in [-0.39, 0.29) is 5.76 Å². The second-order valence-electron chi connectivity index (χ2n) is 6.42. The van der Waals surface area contributed by atoms with Gasteiger partial charge in [0.25, 0.3) is 0 Å². The average molecular weight is 324 g/mol. The molecule has 0 saturated carbocycles. The summed E-state index contributed by atoms with van der Waals surface area (Å²) >= 11 is 0. The van der Waals surface area contributed by atoms with E-state index in [1.54, 1.807) is 4.57 Å². The number of unbranched alkanes of at least 4 members (excludes halogenated alkanes) is 1. The molecule has 1 heterocycles. The van der Waals surface area contributed by atoms with E-state index in [1.165, 1.54) is 11.1 Å². The minimum atomic E-state index is -0.260. The Balaban J connectivity index is 1.49. The molecule has 3 aromatic rings. The fourth-order valence-corrected chi connectivity index (χ4v) is 3.08. The maximum absolute atomic E-state index is 11.9. The zero-order valence-corrected chi connectivity index (χ0v) is 14.4. The first-order valence-corrected chi connectivity index (χ1v) is 8.46. The normalized spacial score (nSPS) is 11.5. The molecule has 0 fully saturated rings. The molecule has 4 nitrogen and oxygen atoms in total. The Labute approximate surface area is 142 Å². The number of benzene rings is 2. The van der Waals surface area contributed by atoms with Crippen LogP contribution in [0.25, 0.3) is 11.1 Å². The molecule has 0 aliphatic rings. The van der Waals surface area contributed by atoms with E-state index in [0.717, 1.165) is 31.4 Å². The minimum absolute atomic E-state index is 0.260. The van der Waals surface area contributed by atoms with E-state index in [9.17, 15) is 4.79 Å². The standard InChI is InChI=1S/C20H24N2O2/c1-16-8-7-9-17(14-16)15-21(2)12-5-6-13-22-18-10-3-4-11-19(18)24-20(22)23/h3-4,7-11,14H,5-6,12-13,15H2,1-2H3. The zero-order valence-electron chi connectivity index (χ0n) is 14.4. The van der Waals surface area contributed by atoms with Crippen molar-refractivity contribution < 1.29 is 4.42 Å². The first-order valence-electron chi connectivity index (χ1n) is 8.46. The Hall–Kier alpha value is -2.33. The zero-order chi connectivity index (χ0) is 16.9. The lowest BCUT2D eigenvalue weighted by Gasteiger charge is -2.17. The summed E-state index contributed by atoms with van der Waals surface area (Å²) < 4.78 is 7.00. The Kier molecular flexibility index (Phi) is 5.16. The number of aromatic nitrogens is 1. The molecule has 0 saturated heterocycles. The van der Waals surface area contributed by atoms with Crippen LogP contribution in [0.5, 0.6) is 0 Å². The van der Waals surface area contributed by atoms with Crippen LogP contribution in [0.2, 0.25) is 0 Å². The van der Waals surface area contributed by atoms with Crippen LogP contribution in [0.15, 0.2) is 57.7 Å². The van der Waals surface area contributed by atoms with Crippen LogP contribution in [-0.4, -0.2) is 23.1 Å². The number of rotatable bonds is 7. The maximum atomic E-state index is 11.9. The number of aryl methyl sites for hydroxylation is 2. The number of oxazole rings is 1. The molecule has 1 aromatic heterocycles. The van der Waals surface area contributed by atoms with Crippen LogP contribution < -0.4 is 5.76 Å². The molecule has 0 unspecified atom stereocenters. The summed E-state index contributed by atoms with van der Waals surface area (Å²) in [7, 11) is 2.14. The Morgan fingerprint density at radius 3 is 2.75 bits per heavy atom. The number of para-hydroxylation sites is 2. The highest BCUT2D eigenvalue weighted by molar-refractivity contribution is 5.72. The Morgan fingerprint density at radius 1 is 1.08 bits per heavy atom. The van der Waals surface area contributed by atoms with Gasteiger partial charge in [0, 0.05) is 13.1 Å².